The standard InChI is InChI=1S/C13H25N3OS/c1-3-7-16-8-4-11(5-9-16)15-13(17)12(14)6-10-18-2/h3,11-12H,1,4-10,14H2,2H3,(H,15,17)/t12-/m0/s1. The molecule has 1 aliphatic rings. The van der Waals surface area contributed by atoms with Gasteiger partial charge in [0.2, 0.25) is 5.91 Å². The van der Waals surface area contributed by atoms with Crippen LogP contribution in [0.1, 0.15) is 19.3 Å². The second kappa shape index (κ2) is 8.56. The van der Waals surface area contributed by atoms with Crippen LogP contribution in [0.3, 0.4) is 0 Å². The molecule has 104 valence electrons. The van der Waals surface area contributed by atoms with Gasteiger partial charge in [-0.05, 0) is 31.3 Å². The van der Waals surface area contributed by atoms with E-state index in [-0.39, 0.29) is 11.9 Å². The Labute approximate surface area is 114 Å². The molecule has 1 rings (SSSR count). The SMILES string of the molecule is C=CCN1CCC(NC(=O)[C@@H](N)CCSC)CC1. The van der Waals surface area contributed by atoms with Crippen LogP contribution >= 0.6 is 11.8 Å². The van der Waals surface area contributed by atoms with E-state index in [1.165, 1.54) is 0 Å². The first kappa shape index (κ1) is 15.5. The summed E-state index contributed by atoms with van der Waals surface area (Å²) in [6, 6.07) is -0.0671. The Morgan fingerprint density at radius 1 is 1.61 bits per heavy atom. The largest absolute Gasteiger partial charge is 0.352 e. The second-order valence-corrected chi connectivity index (χ2v) is 5.75. The number of thioether (sulfide) groups is 1. The fraction of sp³-hybridized carbons (Fsp3) is 0.769. The van der Waals surface area contributed by atoms with Crippen molar-refractivity contribution in [3.63, 3.8) is 0 Å². The lowest BCUT2D eigenvalue weighted by atomic mass is 10.0. The zero-order chi connectivity index (χ0) is 13.4. The molecule has 4 nitrogen and oxygen atoms in total. The van der Waals surface area contributed by atoms with Crippen LogP contribution in [-0.4, -0.2) is 54.5 Å². The summed E-state index contributed by atoms with van der Waals surface area (Å²) in [5.74, 6) is 0.943. The van der Waals surface area contributed by atoms with Crippen molar-refractivity contribution >= 4 is 17.7 Å². The molecule has 18 heavy (non-hydrogen) atoms. The molecular weight excluding hydrogens is 246 g/mol. The van der Waals surface area contributed by atoms with Gasteiger partial charge in [0.1, 0.15) is 0 Å². The molecule has 0 radical (unpaired) electrons. The lowest BCUT2D eigenvalue weighted by Crippen LogP contribution is -2.49. The molecule has 1 atom stereocenters. The molecule has 0 unspecified atom stereocenters. The number of likely N-dealkylation sites (tertiary alicyclic amines) is 1. The predicted molar refractivity (Wildman–Crippen MR) is 78.8 cm³/mol. The molecule has 0 aromatic heterocycles. The Morgan fingerprint density at radius 3 is 2.83 bits per heavy atom. The van der Waals surface area contributed by atoms with E-state index in [4.69, 9.17) is 5.73 Å². The van der Waals surface area contributed by atoms with Gasteiger partial charge in [-0.15, -0.1) is 6.58 Å². The quantitative estimate of drug-likeness (QED) is 0.674. The van der Waals surface area contributed by atoms with Gasteiger partial charge in [-0.1, -0.05) is 6.08 Å². The molecule has 0 bridgehead atoms. The van der Waals surface area contributed by atoms with Crippen LogP contribution in [0.25, 0.3) is 0 Å². The molecule has 1 heterocycles. The number of nitrogens with one attached hydrogen (secondary N) is 1. The van der Waals surface area contributed by atoms with Gasteiger partial charge >= 0.3 is 0 Å². The van der Waals surface area contributed by atoms with Crippen LogP contribution in [0.4, 0.5) is 0 Å². The number of carbonyl (C=O) groups excluding carboxylic acids is 1. The molecule has 0 aromatic rings. The molecule has 0 spiro atoms. The number of nitrogens with zero attached hydrogens (tertiary/aromatic N) is 1. The first-order chi connectivity index (χ1) is 8.67. The monoisotopic (exact) mass is 271 g/mol. The predicted octanol–water partition coefficient (Wildman–Crippen LogP) is 0.833. The zero-order valence-electron chi connectivity index (χ0n) is 11.2. The minimum atomic E-state index is -0.358. The van der Waals surface area contributed by atoms with E-state index in [0.717, 1.165) is 44.6 Å². The van der Waals surface area contributed by atoms with Gasteiger partial charge in [0.25, 0.3) is 0 Å². The number of hydrogen-bond acceptors (Lipinski definition) is 4. The molecule has 1 fully saturated rings. The summed E-state index contributed by atoms with van der Waals surface area (Å²) >= 11 is 1.72. The van der Waals surface area contributed by atoms with Gasteiger partial charge in [-0.2, -0.15) is 11.8 Å². The van der Waals surface area contributed by atoms with Crippen LogP contribution in [0.15, 0.2) is 12.7 Å². The molecule has 5 heteroatoms. The summed E-state index contributed by atoms with van der Waals surface area (Å²) < 4.78 is 0. The first-order valence-corrected chi connectivity index (χ1v) is 7.95. The normalized spacial score (nSPS) is 19.4. The first-order valence-electron chi connectivity index (χ1n) is 6.55. The van der Waals surface area contributed by atoms with Gasteiger partial charge in [0, 0.05) is 25.7 Å². The lowest BCUT2D eigenvalue weighted by molar-refractivity contribution is -0.123. The van der Waals surface area contributed by atoms with Crippen molar-refractivity contribution in [3.8, 4) is 0 Å². The Bertz CT molecular complexity index is 265. The highest BCUT2D eigenvalue weighted by molar-refractivity contribution is 7.98. The van der Waals surface area contributed by atoms with E-state index in [1.807, 2.05) is 12.3 Å². The third kappa shape index (κ3) is 5.42. The fourth-order valence-corrected chi connectivity index (χ4v) is 2.62. The van der Waals surface area contributed by atoms with Crippen molar-refractivity contribution in [1.29, 1.82) is 0 Å². The molecule has 0 aliphatic carbocycles. The maximum absolute atomic E-state index is 11.8. The minimum absolute atomic E-state index is 0.00576. The molecule has 3 N–H and O–H groups in total. The number of rotatable bonds is 7. The van der Waals surface area contributed by atoms with Crippen molar-refractivity contribution in [2.45, 2.75) is 31.3 Å². The van der Waals surface area contributed by atoms with Crippen molar-refractivity contribution in [2.24, 2.45) is 5.73 Å². The number of nitrogens with two attached hydrogens (primary N) is 1. The number of hydrogen-bond donors (Lipinski definition) is 2. The number of carbonyl (C=O) groups is 1. The fourth-order valence-electron chi connectivity index (χ4n) is 2.13. The average molecular weight is 271 g/mol. The summed E-state index contributed by atoms with van der Waals surface area (Å²) in [6.07, 6.45) is 6.73. The van der Waals surface area contributed by atoms with E-state index in [1.54, 1.807) is 11.8 Å². The Morgan fingerprint density at radius 2 is 2.28 bits per heavy atom. The van der Waals surface area contributed by atoms with Crippen molar-refractivity contribution in [1.82, 2.24) is 10.2 Å². The van der Waals surface area contributed by atoms with Crippen molar-refractivity contribution in [3.05, 3.63) is 12.7 Å². The maximum atomic E-state index is 11.8. The summed E-state index contributed by atoms with van der Waals surface area (Å²) in [7, 11) is 0. The molecule has 1 aliphatic heterocycles. The number of amides is 1. The molecule has 0 aromatic carbocycles. The van der Waals surface area contributed by atoms with Crippen LogP contribution < -0.4 is 11.1 Å². The van der Waals surface area contributed by atoms with Gasteiger partial charge in [-0.3, -0.25) is 9.69 Å². The Hall–Kier alpha value is -0.520. The minimum Gasteiger partial charge on any atom is -0.352 e. The van der Waals surface area contributed by atoms with Gasteiger partial charge in [-0.25, -0.2) is 0 Å². The summed E-state index contributed by atoms with van der Waals surface area (Å²) in [5, 5.41) is 3.06. The second-order valence-electron chi connectivity index (χ2n) is 4.76. The Kier molecular flexibility index (Phi) is 7.39. The highest BCUT2D eigenvalue weighted by Gasteiger charge is 2.22. The van der Waals surface area contributed by atoms with Crippen LogP contribution in [-0.2, 0) is 4.79 Å². The van der Waals surface area contributed by atoms with Crippen LogP contribution in [0.2, 0.25) is 0 Å². The van der Waals surface area contributed by atoms with Crippen molar-refractivity contribution < 1.29 is 4.79 Å². The van der Waals surface area contributed by atoms with Crippen LogP contribution in [0.5, 0.6) is 0 Å². The van der Waals surface area contributed by atoms with Gasteiger partial charge < -0.3 is 11.1 Å². The molecule has 0 saturated carbocycles. The van der Waals surface area contributed by atoms with E-state index in [0.29, 0.717) is 6.04 Å². The third-order valence-corrected chi connectivity index (χ3v) is 3.93. The molecule has 1 saturated heterocycles. The summed E-state index contributed by atoms with van der Waals surface area (Å²) in [6.45, 7) is 6.73. The third-order valence-electron chi connectivity index (χ3n) is 3.29. The zero-order valence-corrected chi connectivity index (χ0v) is 12.0. The van der Waals surface area contributed by atoms with Crippen molar-refractivity contribution in [2.75, 3.05) is 31.6 Å². The summed E-state index contributed by atoms with van der Waals surface area (Å²) in [5.41, 5.74) is 5.85. The highest BCUT2D eigenvalue weighted by Crippen LogP contribution is 2.10. The van der Waals surface area contributed by atoms with E-state index in [2.05, 4.69) is 16.8 Å². The average Bonchev–Trinajstić information content (AvgIpc) is 2.38. The number of piperidine rings is 1. The van der Waals surface area contributed by atoms with E-state index < -0.39 is 0 Å². The topological polar surface area (TPSA) is 58.4 Å². The highest BCUT2D eigenvalue weighted by atomic mass is 32.2. The van der Waals surface area contributed by atoms with Crippen LogP contribution in [0, 0.1) is 0 Å². The maximum Gasteiger partial charge on any atom is 0.237 e. The smallest absolute Gasteiger partial charge is 0.237 e. The van der Waals surface area contributed by atoms with E-state index >= 15 is 0 Å². The van der Waals surface area contributed by atoms with Gasteiger partial charge in [0.15, 0.2) is 0 Å². The Balaban J connectivity index is 2.23. The van der Waals surface area contributed by atoms with Gasteiger partial charge in [0.05, 0.1) is 6.04 Å². The lowest BCUT2D eigenvalue weighted by Gasteiger charge is -2.32. The molecule has 1 amide bonds. The summed E-state index contributed by atoms with van der Waals surface area (Å²) in [4.78, 5) is 14.2. The van der Waals surface area contributed by atoms with E-state index in [9.17, 15) is 4.79 Å². The molecular formula is C13H25N3OS.